The summed E-state index contributed by atoms with van der Waals surface area (Å²) >= 11 is 0. The molecular formula is C26H41Li. The Labute approximate surface area is 182 Å². The Balaban J connectivity index is 0.00000676. The number of hydrogen-bond acceptors (Lipinski definition) is 0. The first-order chi connectivity index (χ1) is 12.8. The molecule has 0 aromatic heterocycles. The van der Waals surface area contributed by atoms with Crippen molar-refractivity contribution in [2.24, 2.45) is 0 Å². The van der Waals surface area contributed by atoms with Gasteiger partial charge in [-0.3, -0.25) is 6.08 Å². The summed E-state index contributed by atoms with van der Waals surface area (Å²) in [5, 5.41) is 0. The van der Waals surface area contributed by atoms with Crippen LogP contribution < -0.4 is 18.9 Å². The van der Waals surface area contributed by atoms with E-state index in [1.165, 1.54) is 81.8 Å². The summed E-state index contributed by atoms with van der Waals surface area (Å²) in [7, 11) is 0. The molecule has 0 aliphatic heterocycles. The first-order valence-electron chi connectivity index (χ1n) is 11.2. The Morgan fingerprint density at radius 1 is 0.704 bits per heavy atom. The van der Waals surface area contributed by atoms with Crippen LogP contribution in [-0.2, 0) is 0 Å². The molecule has 0 bridgehead atoms. The number of allylic oxidation sites excluding steroid dienone is 4. The zero-order valence-corrected chi connectivity index (χ0v) is 18.9. The molecule has 1 aromatic carbocycles. The van der Waals surface area contributed by atoms with Crippen LogP contribution in [0.4, 0.5) is 0 Å². The zero-order valence-electron chi connectivity index (χ0n) is 18.9. The Hall–Kier alpha value is -0.703. The van der Waals surface area contributed by atoms with Gasteiger partial charge in [0.15, 0.2) is 0 Å². The van der Waals surface area contributed by atoms with Gasteiger partial charge in [-0.2, -0.15) is 5.57 Å². The van der Waals surface area contributed by atoms with E-state index in [2.05, 4.69) is 64.1 Å². The minimum absolute atomic E-state index is 0. The Kier molecular flexibility index (Phi) is 16.9. The smallest absolute Gasteiger partial charge is 0.272 e. The fourth-order valence-electron chi connectivity index (χ4n) is 3.42. The molecule has 0 radical (unpaired) electrons. The van der Waals surface area contributed by atoms with Crippen molar-refractivity contribution >= 4 is 5.57 Å². The molecule has 0 aliphatic carbocycles. The summed E-state index contributed by atoms with van der Waals surface area (Å²) < 4.78 is 0. The predicted octanol–water partition coefficient (Wildman–Crippen LogP) is 5.93. The quantitative estimate of drug-likeness (QED) is 0.167. The zero-order chi connectivity index (χ0) is 19.0. The number of hydrogen-bond donors (Lipinski definition) is 0. The number of rotatable bonds is 14. The van der Waals surface area contributed by atoms with E-state index in [9.17, 15) is 0 Å². The fraction of sp³-hybridized carbons (Fsp3) is 0.615. The van der Waals surface area contributed by atoms with Crippen molar-refractivity contribution in [1.29, 1.82) is 0 Å². The molecule has 0 N–H and O–H groups in total. The van der Waals surface area contributed by atoms with Crippen molar-refractivity contribution in [2.75, 3.05) is 0 Å². The van der Waals surface area contributed by atoms with Gasteiger partial charge in [0.05, 0.1) is 0 Å². The van der Waals surface area contributed by atoms with E-state index < -0.39 is 0 Å². The second-order valence-electron chi connectivity index (χ2n) is 7.39. The molecule has 0 unspecified atom stereocenters. The molecule has 0 aliphatic rings. The molecule has 0 heterocycles. The Morgan fingerprint density at radius 2 is 1.26 bits per heavy atom. The van der Waals surface area contributed by atoms with E-state index in [0.717, 1.165) is 6.42 Å². The monoisotopic (exact) mass is 360 g/mol. The first-order valence-corrected chi connectivity index (χ1v) is 11.2. The van der Waals surface area contributed by atoms with Crippen molar-refractivity contribution in [2.45, 2.75) is 105 Å². The van der Waals surface area contributed by atoms with Crippen LogP contribution in [-0.4, -0.2) is 0 Å². The summed E-state index contributed by atoms with van der Waals surface area (Å²) in [6.45, 7) is 9.18. The fourth-order valence-corrected chi connectivity index (χ4v) is 3.42. The first kappa shape index (κ1) is 26.3. The van der Waals surface area contributed by atoms with Crippen LogP contribution in [0.2, 0.25) is 0 Å². The van der Waals surface area contributed by atoms with Gasteiger partial charge in [-0.25, -0.2) is 5.57 Å². The maximum Gasteiger partial charge on any atom is 1.00 e. The van der Waals surface area contributed by atoms with Crippen LogP contribution in [0.5, 0.6) is 0 Å². The number of benzene rings is 1. The van der Waals surface area contributed by atoms with Gasteiger partial charge in [0.2, 0.25) is 0 Å². The maximum absolute atomic E-state index is 3.85. The molecule has 146 valence electrons. The summed E-state index contributed by atoms with van der Waals surface area (Å²) in [5.41, 5.74) is 6.18. The molecule has 1 aromatic rings. The van der Waals surface area contributed by atoms with Crippen LogP contribution in [0.3, 0.4) is 0 Å². The second-order valence-corrected chi connectivity index (χ2v) is 7.39. The summed E-state index contributed by atoms with van der Waals surface area (Å²) in [6.07, 6.45) is 18.7. The van der Waals surface area contributed by atoms with Crippen LogP contribution in [0.25, 0.3) is 5.57 Å². The molecule has 0 saturated carbocycles. The van der Waals surface area contributed by atoms with Crippen molar-refractivity contribution in [1.82, 2.24) is 0 Å². The molecule has 0 amide bonds. The molecule has 0 atom stereocenters. The molecule has 0 spiro atoms. The van der Waals surface area contributed by atoms with Crippen LogP contribution in [0.1, 0.15) is 110 Å². The average Bonchev–Trinajstić information content (AvgIpc) is 2.68. The third-order valence-corrected chi connectivity index (χ3v) is 5.06. The molecule has 0 nitrogen and oxygen atoms in total. The normalized spacial score (nSPS) is 12.5. The van der Waals surface area contributed by atoms with Gasteiger partial charge in [-0.15, -0.1) is 12.0 Å². The molecule has 0 fully saturated rings. The van der Waals surface area contributed by atoms with E-state index in [-0.39, 0.29) is 18.9 Å². The van der Waals surface area contributed by atoms with Gasteiger partial charge >= 0.3 is 18.9 Å². The van der Waals surface area contributed by atoms with Crippen molar-refractivity contribution in [3.05, 3.63) is 53.1 Å². The van der Waals surface area contributed by atoms with Crippen LogP contribution in [0.15, 0.2) is 41.5 Å². The van der Waals surface area contributed by atoms with Gasteiger partial charge in [-0.05, 0) is 12.0 Å². The molecule has 1 heteroatoms. The SMILES string of the molecule is CCCC[C-]=C(CCCC)/C(CCCC)=C(/CCCC)c1ccccc1.[Li+]. The second kappa shape index (κ2) is 17.4. The minimum atomic E-state index is 0. The topological polar surface area (TPSA) is 0 Å². The summed E-state index contributed by atoms with van der Waals surface area (Å²) in [4.78, 5) is 0. The van der Waals surface area contributed by atoms with E-state index in [1.807, 2.05) is 0 Å². The van der Waals surface area contributed by atoms with E-state index in [1.54, 1.807) is 11.1 Å². The van der Waals surface area contributed by atoms with Gasteiger partial charge in [0.1, 0.15) is 0 Å². The largest absolute Gasteiger partial charge is 1.00 e. The predicted molar refractivity (Wildman–Crippen MR) is 118 cm³/mol. The Morgan fingerprint density at radius 3 is 1.85 bits per heavy atom. The van der Waals surface area contributed by atoms with Gasteiger partial charge in [-0.1, -0.05) is 122 Å². The van der Waals surface area contributed by atoms with Gasteiger partial charge in [0.25, 0.3) is 0 Å². The van der Waals surface area contributed by atoms with E-state index in [0.29, 0.717) is 0 Å². The third-order valence-electron chi connectivity index (χ3n) is 5.06. The number of unbranched alkanes of at least 4 members (excludes halogenated alkanes) is 5. The summed E-state index contributed by atoms with van der Waals surface area (Å²) in [6, 6.07) is 11.1. The maximum atomic E-state index is 3.85. The molecule has 1 rings (SSSR count). The van der Waals surface area contributed by atoms with Crippen LogP contribution in [0, 0.1) is 6.08 Å². The Bertz CT molecular complexity index is 524. The van der Waals surface area contributed by atoms with Crippen molar-refractivity contribution in [3.8, 4) is 0 Å². The van der Waals surface area contributed by atoms with Crippen molar-refractivity contribution < 1.29 is 18.9 Å². The summed E-state index contributed by atoms with van der Waals surface area (Å²) in [5.74, 6) is 0. The van der Waals surface area contributed by atoms with E-state index >= 15 is 0 Å². The van der Waals surface area contributed by atoms with Crippen LogP contribution >= 0.6 is 0 Å². The standard InChI is InChI=1S/C26H41.Li/c1-5-9-14-18-23(17-10-6-2)25(21-11-7-3)26(22-12-8-4)24-19-15-13-16-20-24;/h13,15-16,19-20H,5-12,14,17,21-22H2,1-4H3;/q-1;+1/b26-25-;. The van der Waals surface area contributed by atoms with E-state index in [4.69, 9.17) is 0 Å². The van der Waals surface area contributed by atoms with Gasteiger partial charge in [0, 0.05) is 0 Å². The molecule has 0 saturated heterocycles. The average molecular weight is 361 g/mol. The molecular weight excluding hydrogens is 319 g/mol. The third kappa shape index (κ3) is 10.4. The van der Waals surface area contributed by atoms with Gasteiger partial charge < -0.3 is 0 Å². The minimum Gasteiger partial charge on any atom is -0.272 e. The molecule has 27 heavy (non-hydrogen) atoms. The van der Waals surface area contributed by atoms with Crippen molar-refractivity contribution in [3.63, 3.8) is 0 Å².